The summed E-state index contributed by atoms with van der Waals surface area (Å²) in [7, 11) is 1.59. The molecule has 16 heavy (non-hydrogen) atoms. The van der Waals surface area contributed by atoms with Crippen molar-refractivity contribution >= 4 is 23.5 Å². The Morgan fingerprint density at radius 2 is 2.31 bits per heavy atom. The molecule has 0 aliphatic carbocycles. The number of benzene rings is 1. The molecule has 0 unspecified atom stereocenters. The summed E-state index contributed by atoms with van der Waals surface area (Å²) >= 11 is 1.76. The van der Waals surface area contributed by atoms with Crippen molar-refractivity contribution in [3.8, 4) is 5.75 Å². The Morgan fingerprint density at radius 1 is 1.50 bits per heavy atom. The maximum Gasteiger partial charge on any atom is 0.322 e. The van der Waals surface area contributed by atoms with Crippen LogP contribution in [0.25, 0.3) is 0 Å². The first-order valence-electron chi connectivity index (χ1n) is 5.08. The third-order valence-corrected chi connectivity index (χ3v) is 3.35. The van der Waals surface area contributed by atoms with Crippen LogP contribution in [0.5, 0.6) is 5.75 Å². The maximum absolute atomic E-state index is 11.8. The molecule has 1 saturated heterocycles. The van der Waals surface area contributed by atoms with Crippen LogP contribution in [0.15, 0.2) is 24.3 Å². The van der Waals surface area contributed by atoms with Crippen LogP contribution in [-0.2, 0) is 0 Å². The van der Waals surface area contributed by atoms with E-state index in [-0.39, 0.29) is 6.03 Å². The zero-order valence-corrected chi connectivity index (χ0v) is 9.92. The van der Waals surface area contributed by atoms with Gasteiger partial charge in [-0.25, -0.2) is 4.79 Å². The number of methoxy groups -OCH3 is 1. The molecule has 4 nitrogen and oxygen atoms in total. The highest BCUT2D eigenvalue weighted by Crippen LogP contribution is 2.24. The van der Waals surface area contributed by atoms with Crippen molar-refractivity contribution in [1.29, 1.82) is 0 Å². The van der Waals surface area contributed by atoms with Gasteiger partial charge in [0.2, 0.25) is 0 Å². The average molecular weight is 238 g/mol. The highest BCUT2D eigenvalue weighted by atomic mass is 32.2. The molecule has 1 aromatic rings. The zero-order valence-electron chi connectivity index (χ0n) is 9.10. The second-order valence-electron chi connectivity index (χ2n) is 3.43. The summed E-state index contributed by atoms with van der Waals surface area (Å²) < 4.78 is 5.17. The number of amides is 2. The Kier molecular flexibility index (Phi) is 3.56. The van der Waals surface area contributed by atoms with Crippen molar-refractivity contribution in [1.82, 2.24) is 4.90 Å². The molecule has 1 N–H and O–H groups in total. The topological polar surface area (TPSA) is 41.6 Å². The van der Waals surface area contributed by atoms with Crippen LogP contribution in [0.4, 0.5) is 10.5 Å². The fourth-order valence-corrected chi connectivity index (χ4v) is 2.46. The van der Waals surface area contributed by atoms with Gasteiger partial charge in [-0.1, -0.05) is 12.1 Å². The van der Waals surface area contributed by atoms with Gasteiger partial charge in [-0.15, -0.1) is 11.8 Å². The lowest BCUT2D eigenvalue weighted by atomic mass is 10.3. The Labute approximate surface area is 99.0 Å². The lowest BCUT2D eigenvalue weighted by molar-refractivity contribution is 0.225. The monoisotopic (exact) mass is 238 g/mol. The molecule has 1 fully saturated rings. The van der Waals surface area contributed by atoms with E-state index in [2.05, 4.69) is 5.32 Å². The summed E-state index contributed by atoms with van der Waals surface area (Å²) in [5.41, 5.74) is 0.715. The molecule has 0 saturated carbocycles. The van der Waals surface area contributed by atoms with Gasteiger partial charge >= 0.3 is 6.03 Å². The SMILES string of the molecule is COc1ccccc1NC(=O)N1CCSC1. The lowest BCUT2D eigenvalue weighted by Crippen LogP contribution is -2.32. The minimum absolute atomic E-state index is 0.0606. The molecule has 1 aromatic carbocycles. The fourth-order valence-electron chi connectivity index (χ4n) is 1.52. The van der Waals surface area contributed by atoms with Crippen molar-refractivity contribution in [2.75, 3.05) is 30.6 Å². The fraction of sp³-hybridized carbons (Fsp3) is 0.364. The Balaban J connectivity index is 2.05. The number of hydrogen-bond acceptors (Lipinski definition) is 3. The van der Waals surface area contributed by atoms with E-state index in [9.17, 15) is 4.79 Å². The molecule has 0 bridgehead atoms. The molecular formula is C11H14N2O2S. The minimum atomic E-state index is -0.0606. The van der Waals surface area contributed by atoms with Crippen molar-refractivity contribution in [3.05, 3.63) is 24.3 Å². The van der Waals surface area contributed by atoms with E-state index >= 15 is 0 Å². The van der Waals surface area contributed by atoms with Gasteiger partial charge in [0.15, 0.2) is 0 Å². The van der Waals surface area contributed by atoms with Gasteiger partial charge in [0.1, 0.15) is 5.75 Å². The van der Waals surface area contributed by atoms with E-state index in [4.69, 9.17) is 4.74 Å². The summed E-state index contributed by atoms with van der Waals surface area (Å²) in [4.78, 5) is 13.6. The lowest BCUT2D eigenvalue weighted by Gasteiger charge is -2.16. The van der Waals surface area contributed by atoms with Crippen molar-refractivity contribution < 1.29 is 9.53 Å². The third-order valence-electron chi connectivity index (χ3n) is 2.39. The second-order valence-corrected chi connectivity index (χ2v) is 4.51. The van der Waals surface area contributed by atoms with Gasteiger partial charge < -0.3 is 15.0 Å². The summed E-state index contributed by atoms with van der Waals surface area (Å²) in [6, 6.07) is 7.35. The number of urea groups is 1. The number of ether oxygens (including phenoxy) is 1. The highest BCUT2D eigenvalue weighted by molar-refractivity contribution is 7.99. The molecule has 0 atom stereocenters. The van der Waals surface area contributed by atoms with Gasteiger partial charge in [0.05, 0.1) is 18.7 Å². The number of thioether (sulfide) groups is 1. The van der Waals surface area contributed by atoms with Crippen molar-refractivity contribution in [2.45, 2.75) is 0 Å². The predicted octanol–water partition coefficient (Wildman–Crippen LogP) is 2.23. The third kappa shape index (κ3) is 2.41. The quantitative estimate of drug-likeness (QED) is 0.859. The molecule has 1 aliphatic rings. The maximum atomic E-state index is 11.8. The first-order valence-corrected chi connectivity index (χ1v) is 6.23. The van der Waals surface area contributed by atoms with Crippen molar-refractivity contribution in [2.24, 2.45) is 0 Å². The molecule has 0 aromatic heterocycles. The van der Waals surface area contributed by atoms with E-state index in [1.165, 1.54) is 0 Å². The van der Waals surface area contributed by atoms with E-state index in [0.29, 0.717) is 11.4 Å². The number of para-hydroxylation sites is 2. The first kappa shape index (κ1) is 11.1. The van der Waals surface area contributed by atoms with Gasteiger partial charge in [-0.3, -0.25) is 0 Å². The molecular weight excluding hydrogens is 224 g/mol. The molecule has 2 rings (SSSR count). The summed E-state index contributed by atoms with van der Waals surface area (Å²) in [6.07, 6.45) is 0. The number of hydrogen-bond donors (Lipinski definition) is 1. The Morgan fingerprint density at radius 3 is 3.00 bits per heavy atom. The number of nitrogens with one attached hydrogen (secondary N) is 1. The largest absolute Gasteiger partial charge is 0.495 e. The van der Waals surface area contributed by atoms with Gasteiger partial charge in [0, 0.05) is 12.3 Å². The molecule has 1 heterocycles. The Bertz CT molecular complexity index is 378. The normalized spacial score (nSPS) is 14.9. The zero-order chi connectivity index (χ0) is 11.4. The molecule has 0 spiro atoms. The molecule has 2 amide bonds. The van der Waals surface area contributed by atoms with Gasteiger partial charge in [-0.2, -0.15) is 0 Å². The van der Waals surface area contributed by atoms with E-state index in [0.717, 1.165) is 18.2 Å². The first-order chi connectivity index (χ1) is 7.81. The van der Waals surface area contributed by atoms with Crippen LogP contribution in [0, 0.1) is 0 Å². The summed E-state index contributed by atoms with van der Waals surface area (Å²) in [6.45, 7) is 0.811. The molecule has 86 valence electrons. The number of carbonyl (C=O) groups is 1. The number of anilines is 1. The highest BCUT2D eigenvalue weighted by Gasteiger charge is 2.18. The van der Waals surface area contributed by atoms with Crippen LogP contribution < -0.4 is 10.1 Å². The number of carbonyl (C=O) groups excluding carboxylic acids is 1. The average Bonchev–Trinajstić information content (AvgIpc) is 2.83. The number of nitrogens with zero attached hydrogens (tertiary/aromatic N) is 1. The van der Waals surface area contributed by atoms with Crippen molar-refractivity contribution in [3.63, 3.8) is 0 Å². The van der Waals surface area contributed by atoms with Crippen LogP contribution in [0.2, 0.25) is 0 Å². The van der Waals surface area contributed by atoms with Gasteiger partial charge in [-0.05, 0) is 12.1 Å². The van der Waals surface area contributed by atoms with Gasteiger partial charge in [0.25, 0.3) is 0 Å². The smallest absolute Gasteiger partial charge is 0.322 e. The predicted molar refractivity (Wildman–Crippen MR) is 66.0 cm³/mol. The van der Waals surface area contributed by atoms with Crippen LogP contribution >= 0.6 is 11.8 Å². The standard InChI is InChI=1S/C11H14N2O2S/c1-15-10-5-3-2-4-9(10)12-11(14)13-6-7-16-8-13/h2-5H,6-8H2,1H3,(H,12,14). The molecule has 5 heteroatoms. The summed E-state index contributed by atoms with van der Waals surface area (Å²) in [5, 5.41) is 2.85. The summed E-state index contributed by atoms with van der Waals surface area (Å²) in [5.74, 6) is 2.46. The Hall–Kier alpha value is -1.36. The number of rotatable bonds is 2. The molecule has 0 radical (unpaired) electrons. The van der Waals surface area contributed by atoms with E-state index in [1.54, 1.807) is 23.8 Å². The van der Waals surface area contributed by atoms with E-state index in [1.807, 2.05) is 24.3 Å². The van der Waals surface area contributed by atoms with Crippen LogP contribution in [0.1, 0.15) is 0 Å². The van der Waals surface area contributed by atoms with E-state index < -0.39 is 0 Å². The van der Waals surface area contributed by atoms with Crippen LogP contribution in [-0.4, -0.2) is 36.2 Å². The van der Waals surface area contributed by atoms with Crippen LogP contribution in [0.3, 0.4) is 0 Å². The minimum Gasteiger partial charge on any atom is -0.495 e. The molecule has 1 aliphatic heterocycles. The second kappa shape index (κ2) is 5.12.